The molecule has 2 aromatic rings. The summed E-state index contributed by atoms with van der Waals surface area (Å²) in [6, 6.07) is 12.0. The molecule has 0 aliphatic rings. The third-order valence-electron chi connectivity index (χ3n) is 3.13. The molecule has 2 aromatic carbocycles. The average molecular weight is 373 g/mol. The van der Waals surface area contributed by atoms with Crippen molar-refractivity contribution in [1.29, 1.82) is 0 Å². The van der Waals surface area contributed by atoms with Crippen molar-refractivity contribution in [3.05, 3.63) is 64.1 Å². The first-order valence-corrected chi connectivity index (χ1v) is 9.08. The minimum atomic E-state index is -4.01. The normalized spacial score (nSPS) is 12.7. The van der Waals surface area contributed by atoms with Crippen LogP contribution in [0, 0.1) is 0 Å². The van der Waals surface area contributed by atoms with Crippen LogP contribution in [0.15, 0.2) is 53.4 Å². The summed E-state index contributed by atoms with van der Waals surface area (Å²) in [5.41, 5.74) is 0.137. The predicted molar refractivity (Wildman–Crippen MR) is 89.5 cm³/mol. The molecule has 0 radical (unpaired) electrons. The second kappa shape index (κ2) is 7.34. The van der Waals surface area contributed by atoms with Crippen LogP contribution in [0.4, 0.5) is 0 Å². The van der Waals surface area contributed by atoms with Crippen molar-refractivity contribution in [3.63, 3.8) is 0 Å². The Morgan fingerprint density at radius 1 is 1.13 bits per heavy atom. The van der Waals surface area contributed by atoms with Gasteiger partial charge in [0.2, 0.25) is 0 Å². The summed E-state index contributed by atoms with van der Waals surface area (Å²) in [6.07, 6.45) is 0. The maximum absolute atomic E-state index is 12.9. The van der Waals surface area contributed by atoms with Gasteiger partial charge in [-0.2, -0.15) is 0 Å². The molecule has 4 nitrogen and oxygen atoms in total. The summed E-state index contributed by atoms with van der Waals surface area (Å²) in [7, 11) is -4.01. The van der Waals surface area contributed by atoms with Crippen molar-refractivity contribution in [1.82, 2.24) is 0 Å². The zero-order chi connectivity index (χ0) is 17.0. The van der Waals surface area contributed by atoms with Crippen LogP contribution < -0.4 is 0 Å². The van der Waals surface area contributed by atoms with E-state index in [-0.39, 0.29) is 22.1 Å². The fourth-order valence-electron chi connectivity index (χ4n) is 2.10. The maximum Gasteiger partial charge on any atom is 0.329 e. The Morgan fingerprint density at radius 3 is 2.35 bits per heavy atom. The molecule has 0 aliphatic carbocycles. The lowest BCUT2D eigenvalue weighted by Crippen LogP contribution is -2.25. The van der Waals surface area contributed by atoms with Gasteiger partial charge in [-0.25, -0.2) is 8.42 Å². The highest BCUT2D eigenvalue weighted by Gasteiger charge is 2.38. The maximum atomic E-state index is 12.9. The monoisotopic (exact) mass is 372 g/mol. The molecule has 23 heavy (non-hydrogen) atoms. The summed E-state index contributed by atoms with van der Waals surface area (Å²) < 4.78 is 30.7. The molecule has 122 valence electrons. The smallest absolute Gasteiger partial charge is 0.329 e. The first kappa shape index (κ1) is 17.8. The number of carbonyl (C=O) groups is 1. The average Bonchev–Trinajstić information content (AvgIpc) is 2.51. The van der Waals surface area contributed by atoms with Gasteiger partial charge in [-0.1, -0.05) is 47.5 Å². The van der Waals surface area contributed by atoms with Crippen molar-refractivity contribution in [2.24, 2.45) is 0 Å². The molecule has 2 rings (SSSR count). The second-order valence-electron chi connectivity index (χ2n) is 4.66. The molecule has 0 saturated heterocycles. The van der Waals surface area contributed by atoms with Gasteiger partial charge in [-0.05, 0) is 31.2 Å². The van der Waals surface area contributed by atoms with E-state index in [1.807, 2.05) is 0 Å². The molecule has 1 atom stereocenters. The van der Waals surface area contributed by atoms with Gasteiger partial charge in [0.25, 0.3) is 0 Å². The molecule has 0 amide bonds. The number of esters is 1. The number of rotatable bonds is 5. The molecule has 0 fully saturated rings. The Labute approximate surface area is 144 Å². The first-order valence-electron chi connectivity index (χ1n) is 6.78. The van der Waals surface area contributed by atoms with E-state index in [1.165, 1.54) is 30.3 Å². The van der Waals surface area contributed by atoms with E-state index in [4.69, 9.17) is 27.9 Å². The largest absolute Gasteiger partial charge is 0.465 e. The van der Waals surface area contributed by atoms with Gasteiger partial charge in [0.15, 0.2) is 15.1 Å². The number of benzene rings is 2. The van der Waals surface area contributed by atoms with Crippen LogP contribution in [0.2, 0.25) is 10.0 Å². The number of halogens is 2. The van der Waals surface area contributed by atoms with Gasteiger partial charge < -0.3 is 4.74 Å². The molecule has 7 heteroatoms. The minimum absolute atomic E-state index is 0.0177. The molecule has 0 saturated carbocycles. The van der Waals surface area contributed by atoms with Crippen LogP contribution in [0.25, 0.3) is 0 Å². The van der Waals surface area contributed by atoms with Crippen molar-refractivity contribution in [2.75, 3.05) is 6.61 Å². The Morgan fingerprint density at radius 2 is 1.78 bits per heavy atom. The quantitative estimate of drug-likeness (QED) is 0.742. The molecule has 0 aromatic heterocycles. The van der Waals surface area contributed by atoms with Gasteiger partial charge in [-0.3, -0.25) is 4.79 Å². The molecular weight excluding hydrogens is 359 g/mol. The van der Waals surface area contributed by atoms with E-state index >= 15 is 0 Å². The molecule has 0 bridgehead atoms. The highest BCUT2D eigenvalue weighted by Crippen LogP contribution is 2.35. The Hall–Kier alpha value is -1.56. The molecule has 1 unspecified atom stereocenters. The number of hydrogen-bond donors (Lipinski definition) is 0. The van der Waals surface area contributed by atoms with Crippen molar-refractivity contribution >= 4 is 39.0 Å². The van der Waals surface area contributed by atoms with Gasteiger partial charge in [0.1, 0.15) is 0 Å². The lowest BCUT2D eigenvalue weighted by molar-refractivity contribution is -0.142. The number of hydrogen-bond acceptors (Lipinski definition) is 4. The van der Waals surface area contributed by atoms with Crippen molar-refractivity contribution in [2.45, 2.75) is 17.1 Å². The molecule has 0 spiro atoms. The van der Waals surface area contributed by atoms with Crippen LogP contribution in [0.1, 0.15) is 17.7 Å². The van der Waals surface area contributed by atoms with E-state index in [1.54, 1.807) is 25.1 Å². The lowest BCUT2D eigenvalue weighted by Gasteiger charge is -2.18. The van der Waals surface area contributed by atoms with Gasteiger partial charge in [-0.15, -0.1) is 0 Å². The molecule has 0 N–H and O–H groups in total. The van der Waals surface area contributed by atoms with E-state index in [0.717, 1.165) is 0 Å². The highest BCUT2D eigenvalue weighted by molar-refractivity contribution is 7.92. The van der Waals surface area contributed by atoms with Crippen LogP contribution in [0.3, 0.4) is 0 Å². The minimum Gasteiger partial charge on any atom is -0.465 e. The second-order valence-corrected chi connectivity index (χ2v) is 7.53. The Kier molecular flexibility index (Phi) is 5.68. The Bertz CT molecular complexity index is 804. The van der Waals surface area contributed by atoms with Crippen molar-refractivity contribution in [3.8, 4) is 0 Å². The first-order chi connectivity index (χ1) is 10.9. The summed E-state index contributed by atoms with van der Waals surface area (Å²) in [4.78, 5) is 12.3. The summed E-state index contributed by atoms with van der Waals surface area (Å²) in [6.45, 7) is 1.67. The number of ether oxygens (including phenoxy) is 1. The summed E-state index contributed by atoms with van der Waals surface area (Å²) >= 11 is 11.9. The zero-order valence-electron chi connectivity index (χ0n) is 12.2. The van der Waals surface area contributed by atoms with Gasteiger partial charge in [0, 0.05) is 15.6 Å². The third kappa shape index (κ3) is 3.86. The molecule has 0 heterocycles. The van der Waals surface area contributed by atoms with Crippen LogP contribution >= 0.6 is 23.2 Å². The van der Waals surface area contributed by atoms with Crippen LogP contribution in [-0.2, 0) is 19.4 Å². The van der Waals surface area contributed by atoms with Gasteiger partial charge in [0.05, 0.1) is 11.5 Å². The van der Waals surface area contributed by atoms with Gasteiger partial charge >= 0.3 is 5.97 Å². The summed E-state index contributed by atoms with van der Waals surface area (Å²) in [5, 5.41) is -1.11. The van der Waals surface area contributed by atoms with Crippen molar-refractivity contribution < 1.29 is 17.9 Å². The SMILES string of the molecule is CCOC(=O)C(c1ccc(Cl)cc1Cl)S(=O)(=O)c1ccccc1. The van der Waals surface area contributed by atoms with Crippen LogP contribution in [0.5, 0.6) is 0 Å². The number of sulfone groups is 1. The van der Waals surface area contributed by atoms with E-state index in [0.29, 0.717) is 5.02 Å². The van der Waals surface area contributed by atoms with E-state index in [2.05, 4.69) is 0 Å². The summed E-state index contributed by atoms with van der Waals surface area (Å²) in [5.74, 6) is -0.874. The standard InChI is InChI=1S/C16H14Cl2O4S/c1-2-22-16(19)15(13-9-8-11(17)10-14(13)18)23(20,21)12-6-4-3-5-7-12/h3-10,15H,2H2,1H3. The zero-order valence-corrected chi connectivity index (χ0v) is 14.5. The van der Waals surface area contributed by atoms with E-state index < -0.39 is 21.1 Å². The molecule has 0 aliphatic heterocycles. The highest BCUT2D eigenvalue weighted by atomic mass is 35.5. The fraction of sp³-hybridized carbons (Fsp3) is 0.188. The van der Waals surface area contributed by atoms with E-state index in [9.17, 15) is 13.2 Å². The third-order valence-corrected chi connectivity index (χ3v) is 5.69. The lowest BCUT2D eigenvalue weighted by atomic mass is 10.1. The van der Waals surface area contributed by atoms with Crippen LogP contribution in [-0.4, -0.2) is 21.0 Å². The molecular formula is C16H14Cl2O4S. The predicted octanol–water partition coefficient (Wildman–Crippen LogP) is 4.07. The topological polar surface area (TPSA) is 60.4 Å². The Balaban J connectivity index is 2.61. The number of carbonyl (C=O) groups excluding carboxylic acids is 1. The fourth-order valence-corrected chi connectivity index (χ4v) is 4.35.